The molecular weight excluding hydrogens is 306 g/mol. The van der Waals surface area contributed by atoms with Crippen molar-refractivity contribution in [1.82, 2.24) is 9.78 Å². The standard InChI is InChI=1S/C10H18BrN3O2S/c1-4-14-9(10(11)8(3)13-14)6-17(15,16)7(2)5-12/h7H,4-6,12H2,1-3H3. The minimum atomic E-state index is -3.22. The zero-order chi connectivity index (χ0) is 13.2. The van der Waals surface area contributed by atoms with Crippen molar-refractivity contribution >= 4 is 25.8 Å². The zero-order valence-electron chi connectivity index (χ0n) is 10.3. The predicted octanol–water partition coefficient (Wildman–Crippen LogP) is 1.24. The van der Waals surface area contributed by atoms with E-state index in [-0.39, 0.29) is 12.3 Å². The minimum absolute atomic E-state index is 0.0272. The maximum Gasteiger partial charge on any atom is 0.159 e. The quantitative estimate of drug-likeness (QED) is 0.884. The van der Waals surface area contributed by atoms with Crippen LogP contribution in [-0.4, -0.2) is 30.0 Å². The SMILES string of the molecule is CCn1nc(C)c(Br)c1CS(=O)(=O)C(C)CN. The molecule has 0 aliphatic rings. The molecule has 98 valence electrons. The fourth-order valence-corrected chi connectivity index (χ4v) is 3.35. The summed E-state index contributed by atoms with van der Waals surface area (Å²) in [5.41, 5.74) is 6.91. The Morgan fingerprint density at radius 1 is 1.53 bits per heavy atom. The second kappa shape index (κ2) is 5.49. The third-order valence-corrected chi connectivity index (χ3v) is 5.86. The highest BCUT2D eigenvalue weighted by molar-refractivity contribution is 9.10. The smallest absolute Gasteiger partial charge is 0.159 e. The van der Waals surface area contributed by atoms with Gasteiger partial charge in [-0.1, -0.05) is 0 Å². The van der Waals surface area contributed by atoms with Crippen LogP contribution in [0.5, 0.6) is 0 Å². The van der Waals surface area contributed by atoms with Gasteiger partial charge in [-0.25, -0.2) is 8.42 Å². The van der Waals surface area contributed by atoms with E-state index in [1.807, 2.05) is 13.8 Å². The summed E-state index contributed by atoms with van der Waals surface area (Å²) in [4.78, 5) is 0. The summed E-state index contributed by atoms with van der Waals surface area (Å²) in [6.07, 6.45) is 0. The first kappa shape index (κ1) is 14.7. The number of hydrogen-bond acceptors (Lipinski definition) is 4. The number of nitrogens with zero attached hydrogens (tertiary/aromatic N) is 2. The normalized spacial score (nSPS) is 13.9. The minimum Gasteiger partial charge on any atom is -0.329 e. The lowest BCUT2D eigenvalue weighted by molar-refractivity contribution is 0.574. The van der Waals surface area contributed by atoms with Crippen molar-refractivity contribution in [3.63, 3.8) is 0 Å². The monoisotopic (exact) mass is 323 g/mol. The van der Waals surface area contributed by atoms with Crippen molar-refractivity contribution in [2.75, 3.05) is 6.54 Å². The van der Waals surface area contributed by atoms with Gasteiger partial charge in [0.15, 0.2) is 9.84 Å². The molecule has 1 aromatic heterocycles. The van der Waals surface area contributed by atoms with Gasteiger partial charge in [-0.2, -0.15) is 5.10 Å². The van der Waals surface area contributed by atoms with Crippen LogP contribution in [0.1, 0.15) is 25.2 Å². The van der Waals surface area contributed by atoms with Gasteiger partial charge in [0, 0.05) is 13.1 Å². The molecule has 0 aliphatic heterocycles. The third-order valence-electron chi connectivity index (χ3n) is 2.74. The van der Waals surface area contributed by atoms with E-state index < -0.39 is 15.1 Å². The van der Waals surface area contributed by atoms with Crippen molar-refractivity contribution in [3.05, 3.63) is 15.9 Å². The van der Waals surface area contributed by atoms with Gasteiger partial charge in [0.05, 0.1) is 26.9 Å². The Hall–Kier alpha value is -0.400. The molecule has 1 atom stereocenters. The van der Waals surface area contributed by atoms with Crippen LogP contribution in [0.15, 0.2) is 4.47 Å². The molecule has 1 rings (SSSR count). The number of aromatic nitrogens is 2. The summed E-state index contributed by atoms with van der Waals surface area (Å²) in [5.74, 6) is -0.0272. The lowest BCUT2D eigenvalue weighted by Crippen LogP contribution is -2.28. The summed E-state index contributed by atoms with van der Waals surface area (Å²) in [6.45, 7) is 6.19. The van der Waals surface area contributed by atoms with Crippen LogP contribution in [-0.2, 0) is 22.1 Å². The molecule has 0 saturated carbocycles. The van der Waals surface area contributed by atoms with E-state index in [1.165, 1.54) is 0 Å². The lowest BCUT2D eigenvalue weighted by atomic mass is 10.4. The third kappa shape index (κ3) is 3.08. The van der Waals surface area contributed by atoms with Crippen LogP contribution < -0.4 is 5.73 Å². The largest absolute Gasteiger partial charge is 0.329 e. The first-order chi connectivity index (χ1) is 7.83. The number of aryl methyl sites for hydroxylation is 2. The topological polar surface area (TPSA) is 78.0 Å². The van der Waals surface area contributed by atoms with Crippen LogP contribution in [0.3, 0.4) is 0 Å². The Morgan fingerprint density at radius 2 is 2.12 bits per heavy atom. The number of hydrogen-bond donors (Lipinski definition) is 1. The molecule has 1 heterocycles. The molecule has 0 fully saturated rings. The Morgan fingerprint density at radius 3 is 2.59 bits per heavy atom. The molecule has 1 aromatic rings. The van der Waals surface area contributed by atoms with Crippen molar-refractivity contribution in [2.45, 2.75) is 38.3 Å². The van der Waals surface area contributed by atoms with Gasteiger partial charge in [0.25, 0.3) is 0 Å². The van der Waals surface area contributed by atoms with Gasteiger partial charge >= 0.3 is 0 Å². The van der Waals surface area contributed by atoms with E-state index in [0.29, 0.717) is 12.2 Å². The molecule has 0 radical (unpaired) electrons. The van der Waals surface area contributed by atoms with Crippen molar-refractivity contribution in [3.8, 4) is 0 Å². The van der Waals surface area contributed by atoms with Gasteiger partial charge < -0.3 is 5.73 Å². The number of halogens is 1. The van der Waals surface area contributed by atoms with Crippen LogP contribution >= 0.6 is 15.9 Å². The fourth-order valence-electron chi connectivity index (χ4n) is 1.49. The van der Waals surface area contributed by atoms with Crippen LogP contribution in [0.25, 0.3) is 0 Å². The molecule has 7 heteroatoms. The lowest BCUT2D eigenvalue weighted by Gasteiger charge is -2.11. The van der Waals surface area contributed by atoms with Gasteiger partial charge in [-0.3, -0.25) is 4.68 Å². The molecule has 17 heavy (non-hydrogen) atoms. The van der Waals surface area contributed by atoms with E-state index >= 15 is 0 Å². The van der Waals surface area contributed by atoms with E-state index in [4.69, 9.17) is 5.73 Å². The summed E-state index contributed by atoms with van der Waals surface area (Å²) in [6, 6.07) is 0. The molecule has 0 saturated heterocycles. The fraction of sp³-hybridized carbons (Fsp3) is 0.700. The van der Waals surface area contributed by atoms with E-state index in [0.717, 1.165) is 10.2 Å². The summed E-state index contributed by atoms with van der Waals surface area (Å²) in [5, 5.41) is 3.74. The second-order valence-electron chi connectivity index (χ2n) is 4.02. The molecule has 0 amide bonds. The van der Waals surface area contributed by atoms with E-state index in [9.17, 15) is 8.42 Å². The average molecular weight is 324 g/mol. The van der Waals surface area contributed by atoms with Crippen molar-refractivity contribution in [2.24, 2.45) is 5.73 Å². The molecule has 0 bridgehead atoms. The van der Waals surface area contributed by atoms with E-state index in [1.54, 1.807) is 11.6 Å². The van der Waals surface area contributed by atoms with Gasteiger partial charge in [-0.15, -0.1) is 0 Å². The summed E-state index contributed by atoms with van der Waals surface area (Å²) >= 11 is 3.39. The predicted molar refractivity (Wildman–Crippen MR) is 71.5 cm³/mol. The molecule has 0 aromatic carbocycles. The molecule has 2 N–H and O–H groups in total. The number of sulfone groups is 1. The highest BCUT2D eigenvalue weighted by Crippen LogP contribution is 2.24. The summed E-state index contributed by atoms with van der Waals surface area (Å²) in [7, 11) is -3.22. The van der Waals surface area contributed by atoms with Crippen molar-refractivity contribution < 1.29 is 8.42 Å². The first-order valence-corrected chi connectivity index (χ1v) is 7.97. The molecule has 0 spiro atoms. The van der Waals surface area contributed by atoms with Gasteiger partial charge in [-0.05, 0) is 36.7 Å². The molecular formula is C10H18BrN3O2S. The van der Waals surface area contributed by atoms with E-state index in [2.05, 4.69) is 21.0 Å². The molecule has 0 aliphatic carbocycles. The average Bonchev–Trinajstić information content (AvgIpc) is 2.55. The Bertz CT molecular complexity index is 496. The second-order valence-corrected chi connectivity index (χ2v) is 7.23. The van der Waals surface area contributed by atoms with Gasteiger partial charge in [0.1, 0.15) is 0 Å². The van der Waals surface area contributed by atoms with Crippen LogP contribution in [0, 0.1) is 6.92 Å². The highest BCUT2D eigenvalue weighted by atomic mass is 79.9. The molecule has 5 nitrogen and oxygen atoms in total. The first-order valence-electron chi connectivity index (χ1n) is 5.46. The Kier molecular flexibility index (Phi) is 4.74. The van der Waals surface area contributed by atoms with Crippen molar-refractivity contribution in [1.29, 1.82) is 0 Å². The molecule has 1 unspecified atom stereocenters. The maximum atomic E-state index is 12.0. The van der Waals surface area contributed by atoms with Crippen LogP contribution in [0.2, 0.25) is 0 Å². The maximum absolute atomic E-state index is 12.0. The zero-order valence-corrected chi connectivity index (χ0v) is 12.7. The Balaban J connectivity index is 3.11. The van der Waals surface area contributed by atoms with Gasteiger partial charge in [0.2, 0.25) is 0 Å². The Labute approximate surface area is 110 Å². The van der Waals surface area contributed by atoms with Crippen LogP contribution in [0.4, 0.5) is 0 Å². The highest BCUT2D eigenvalue weighted by Gasteiger charge is 2.24. The number of nitrogens with two attached hydrogens (primary N) is 1. The summed E-state index contributed by atoms with van der Waals surface area (Å²) < 4.78 is 26.5. The number of rotatable bonds is 5.